The average Bonchev–Trinajstić information content (AvgIpc) is 2.73. The lowest BCUT2D eigenvalue weighted by Crippen LogP contribution is -2.52. The highest BCUT2D eigenvalue weighted by Crippen LogP contribution is 2.53. The second-order valence-corrected chi connectivity index (χ2v) is 8.21. The molecule has 2 aliphatic rings. The van der Waals surface area contributed by atoms with Gasteiger partial charge in [0.05, 0.1) is 23.9 Å². The molecule has 0 saturated heterocycles. The molecule has 1 aromatic carbocycles. The van der Waals surface area contributed by atoms with Crippen LogP contribution in [-0.2, 0) is 0 Å². The number of rotatable bonds is 4. The first-order chi connectivity index (χ1) is 13.6. The molecule has 0 spiro atoms. The molecule has 1 aromatic rings. The molecule has 1 N–H and O–H groups in total. The van der Waals surface area contributed by atoms with E-state index in [1.54, 1.807) is 11.8 Å². The van der Waals surface area contributed by atoms with E-state index in [4.69, 9.17) is 5.41 Å². The predicted molar refractivity (Wildman–Crippen MR) is 110 cm³/mol. The van der Waals surface area contributed by atoms with E-state index in [2.05, 4.69) is 30.0 Å². The van der Waals surface area contributed by atoms with Gasteiger partial charge < -0.3 is 5.41 Å². The molecule has 1 heterocycles. The normalized spacial score (nSPS) is 26.3. The summed E-state index contributed by atoms with van der Waals surface area (Å²) in [4.78, 5) is 3.41. The standard InChI is InChI=1S/C22H23N5S/c1-3-9-27-10-8-17-18(11-23)21(26)22(13-24,14-25)20(19(17)12-27)15-4-6-16(28-2)7-5-15/h4-8,18-20,26H,3,9-10,12H2,1-2H3/t18?,19-,20+/m1/s1. The van der Waals surface area contributed by atoms with Crippen LogP contribution in [0.1, 0.15) is 24.8 Å². The quantitative estimate of drug-likeness (QED) is 0.620. The molecule has 3 rings (SSSR count). The first kappa shape index (κ1) is 20.2. The van der Waals surface area contributed by atoms with E-state index in [0.717, 1.165) is 35.5 Å². The van der Waals surface area contributed by atoms with Crippen LogP contribution in [0.4, 0.5) is 0 Å². The Hall–Kier alpha value is -2.59. The second kappa shape index (κ2) is 8.19. The maximum absolute atomic E-state index is 10.1. The van der Waals surface area contributed by atoms with Crippen molar-refractivity contribution in [2.75, 3.05) is 25.9 Å². The van der Waals surface area contributed by atoms with Crippen LogP contribution in [0.25, 0.3) is 0 Å². The van der Waals surface area contributed by atoms with Gasteiger partial charge in [-0.1, -0.05) is 25.1 Å². The molecule has 0 amide bonds. The molecule has 1 aliphatic carbocycles. The monoisotopic (exact) mass is 389 g/mol. The van der Waals surface area contributed by atoms with Crippen molar-refractivity contribution in [3.8, 4) is 18.2 Å². The van der Waals surface area contributed by atoms with E-state index in [9.17, 15) is 15.8 Å². The first-order valence-electron chi connectivity index (χ1n) is 9.43. The third-order valence-corrected chi connectivity index (χ3v) is 6.62. The van der Waals surface area contributed by atoms with Crippen molar-refractivity contribution in [3.05, 3.63) is 41.5 Å². The zero-order valence-electron chi connectivity index (χ0n) is 16.1. The Morgan fingerprint density at radius 2 is 1.89 bits per heavy atom. The number of hydrogen-bond donors (Lipinski definition) is 1. The molecular formula is C22H23N5S. The summed E-state index contributed by atoms with van der Waals surface area (Å²) in [6.07, 6.45) is 5.07. The number of thioether (sulfide) groups is 1. The van der Waals surface area contributed by atoms with Gasteiger partial charge in [0.25, 0.3) is 0 Å². The van der Waals surface area contributed by atoms with Crippen LogP contribution in [0.5, 0.6) is 0 Å². The molecule has 1 fully saturated rings. The van der Waals surface area contributed by atoms with Gasteiger partial charge in [-0.3, -0.25) is 4.90 Å². The number of nitriles is 3. The maximum atomic E-state index is 10.1. The lowest BCUT2D eigenvalue weighted by Gasteiger charge is -2.47. The zero-order valence-corrected chi connectivity index (χ0v) is 17.0. The Morgan fingerprint density at radius 1 is 1.21 bits per heavy atom. The molecule has 3 atom stereocenters. The number of benzene rings is 1. The largest absolute Gasteiger partial charge is 0.305 e. The highest BCUT2D eigenvalue weighted by atomic mass is 32.2. The van der Waals surface area contributed by atoms with Gasteiger partial charge >= 0.3 is 0 Å². The third kappa shape index (κ3) is 3.12. The van der Waals surface area contributed by atoms with Crippen LogP contribution in [0.3, 0.4) is 0 Å². The Balaban J connectivity index is 2.18. The Bertz CT molecular complexity index is 898. The SMILES string of the molecule is CCCN1CC=C2C(C#N)C(=N)C(C#N)(C#N)[C@@H](c3ccc(SC)cc3)[C@@H]2C1. The van der Waals surface area contributed by atoms with Gasteiger partial charge in [-0.25, -0.2) is 0 Å². The highest BCUT2D eigenvalue weighted by molar-refractivity contribution is 7.98. The van der Waals surface area contributed by atoms with Gasteiger partial charge in [0.15, 0.2) is 5.41 Å². The minimum Gasteiger partial charge on any atom is -0.305 e. The topological polar surface area (TPSA) is 98.5 Å². The summed E-state index contributed by atoms with van der Waals surface area (Å²) in [6.45, 7) is 4.50. The molecule has 0 radical (unpaired) electrons. The van der Waals surface area contributed by atoms with Crippen LogP contribution in [0.15, 0.2) is 40.8 Å². The van der Waals surface area contributed by atoms with Crippen LogP contribution in [0.2, 0.25) is 0 Å². The molecule has 1 unspecified atom stereocenters. The van der Waals surface area contributed by atoms with Crippen LogP contribution >= 0.6 is 11.8 Å². The summed E-state index contributed by atoms with van der Waals surface area (Å²) in [5.41, 5.74) is 0.0833. The lowest BCUT2D eigenvalue weighted by molar-refractivity contribution is 0.204. The second-order valence-electron chi connectivity index (χ2n) is 7.33. The Morgan fingerprint density at radius 3 is 2.43 bits per heavy atom. The summed E-state index contributed by atoms with van der Waals surface area (Å²) in [6, 6.07) is 14.4. The molecule has 142 valence electrons. The van der Waals surface area contributed by atoms with Crippen molar-refractivity contribution < 1.29 is 0 Å². The fourth-order valence-electron chi connectivity index (χ4n) is 4.55. The van der Waals surface area contributed by atoms with E-state index in [-0.39, 0.29) is 11.6 Å². The van der Waals surface area contributed by atoms with Crippen molar-refractivity contribution in [1.82, 2.24) is 4.90 Å². The maximum Gasteiger partial charge on any atom is 0.189 e. The summed E-state index contributed by atoms with van der Waals surface area (Å²) in [5, 5.41) is 38.5. The van der Waals surface area contributed by atoms with E-state index >= 15 is 0 Å². The van der Waals surface area contributed by atoms with Crippen molar-refractivity contribution in [1.29, 1.82) is 21.2 Å². The van der Waals surface area contributed by atoms with Crippen molar-refractivity contribution >= 4 is 17.5 Å². The van der Waals surface area contributed by atoms with E-state index in [1.807, 2.05) is 36.6 Å². The van der Waals surface area contributed by atoms with Crippen molar-refractivity contribution in [2.24, 2.45) is 17.3 Å². The first-order valence-corrected chi connectivity index (χ1v) is 10.7. The van der Waals surface area contributed by atoms with Gasteiger partial charge in [0.1, 0.15) is 5.92 Å². The summed E-state index contributed by atoms with van der Waals surface area (Å²) >= 11 is 1.63. The predicted octanol–water partition coefficient (Wildman–Crippen LogP) is 3.97. The highest BCUT2D eigenvalue weighted by Gasteiger charge is 2.57. The molecular weight excluding hydrogens is 366 g/mol. The molecule has 6 heteroatoms. The number of fused-ring (bicyclic) bond motifs is 1. The van der Waals surface area contributed by atoms with Crippen molar-refractivity contribution in [3.63, 3.8) is 0 Å². The van der Waals surface area contributed by atoms with Gasteiger partial charge in [0.2, 0.25) is 0 Å². The van der Waals surface area contributed by atoms with Gasteiger partial charge in [-0.2, -0.15) is 15.8 Å². The van der Waals surface area contributed by atoms with Gasteiger partial charge in [-0.15, -0.1) is 11.8 Å². The summed E-state index contributed by atoms with van der Waals surface area (Å²) < 4.78 is 0. The molecule has 0 bridgehead atoms. The van der Waals surface area contributed by atoms with E-state index in [1.165, 1.54) is 0 Å². The molecule has 1 saturated carbocycles. The molecule has 0 aromatic heterocycles. The molecule has 5 nitrogen and oxygen atoms in total. The van der Waals surface area contributed by atoms with Gasteiger partial charge in [-0.05, 0) is 42.5 Å². The van der Waals surface area contributed by atoms with Gasteiger partial charge in [0, 0.05) is 29.8 Å². The fourth-order valence-corrected chi connectivity index (χ4v) is 4.96. The lowest BCUT2D eigenvalue weighted by atomic mass is 9.54. The number of hydrogen-bond acceptors (Lipinski definition) is 6. The fraction of sp³-hybridized carbons (Fsp3) is 0.455. The zero-order chi connectivity index (χ0) is 20.3. The summed E-state index contributed by atoms with van der Waals surface area (Å²) in [7, 11) is 0. The van der Waals surface area contributed by atoms with E-state index < -0.39 is 17.3 Å². The van der Waals surface area contributed by atoms with Crippen LogP contribution < -0.4 is 0 Å². The number of nitrogens with zero attached hydrogens (tertiary/aromatic N) is 4. The Labute approximate surface area is 170 Å². The number of nitrogens with one attached hydrogen (secondary N) is 1. The van der Waals surface area contributed by atoms with Crippen LogP contribution in [0, 0.1) is 56.7 Å². The smallest absolute Gasteiger partial charge is 0.189 e. The Kier molecular flexibility index (Phi) is 5.90. The summed E-state index contributed by atoms with van der Waals surface area (Å²) in [5.74, 6) is -1.38. The molecule has 28 heavy (non-hydrogen) atoms. The average molecular weight is 390 g/mol. The van der Waals surface area contributed by atoms with Crippen molar-refractivity contribution in [2.45, 2.75) is 24.2 Å². The molecule has 1 aliphatic heterocycles. The third-order valence-electron chi connectivity index (χ3n) is 5.88. The van der Waals surface area contributed by atoms with Crippen LogP contribution in [-0.4, -0.2) is 36.5 Å². The minimum atomic E-state index is -1.63. The minimum absolute atomic E-state index is 0.0783. The van der Waals surface area contributed by atoms with E-state index in [0.29, 0.717) is 6.54 Å².